The van der Waals surface area contributed by atoms with E-state index in [0.717, 1.165) is 29.7 Å². The zero-order chi connectivity index (χ0) is 22.7. The molecule has 0 amide bonds. The second-order valence-electron chi connectivity index (χ2n) is 7.32. The van der Waals surface area contributed by atoms with E-state index in [1.54, 1.807) is 26.2 Å². The number of methoxy groups -OCH3 is 1. The van der Waals surface area contributed by atoms with Gasteiger partial charge in [-0.1, -0.05) is 55.8 Å². The van der Waals surface area contributed by atoms with Gasteiger partial charge in [-0.25, -0.2) is 13.2 Å². The van der Waals surface area contributed by atoms with Crippen molar-refractivity contribution in [1.82, 2.24) is 0 Å². The largest absolute Gasteiger partial charge is 0.497 e. The molecule has 2 aromatic carbocycles. The number of hydrogen-bond donors (Lipinski definition) is 0. The van der Waals surface area contributed by atoms with Crippen molar-refractivity contribution in [2.45, 2.75) is 37.5 Å². The van der Waals surface area contributed by atoms with Crippen LogP contribution in [-0.2, 0) is 19.4 Å². The van der Waals surface area contributed by atoms with Gasteiger partial charge in [0.1, 0.15) is 5.75 Å². The Balaban J connectivity index is 1.78. The molecule has 0 fully saturated rings. The van der Waals surface area contributed by atoms with E-state index in [1.807, 2.05) is 48.6 Å². The van der Waals surface area contributed by atoms with Crippen molar-refractivity contribution in [2.75, 3.05) is 19.5 Å². The topological polar surface area (TPSA) is 69.7 Å². The number of ether oxygens (including phenoxy) is 2. The fraction of sp³-hybridized carbons (Fsp3) is 0.320. The minimum atomic E-state index is -3.30. The van der Waals surface area contributed by atoms with Crippen LogP contribution in [0.3, 0.4) is 0 Å². The first-order valence-electron chi connectivity index (χ1n) is 10.3. The Morgan fingerprint density at radius 2 is 1.45 bits per heavy atom. The first kappa shape index (κ1) is 24.4. The van der Waals surface area contributed by atoms with Crippen LogP contribution in [0.1, 0.15) is 43.7 Å². The Morgan fingerprint density at radius 3 is 2.00 bits per heavy atom. The molecule has 0 aliphatic heterocycles. The van der Waals surface area contributed by atoms with Crippen LogP contribution in [0.4, 0.5) is 0 Å². The van der Waals surface area contributed by atoms with Crippen LogP contribution in [0.5, 0.6) is 5.75 Å². The van der Waals surface area contributed by atoms with Crippen LogP contribution < -0.4 is 4.74 Å². The van der Waals surface area contributed by atoms with Gasteiger partial charge in [0.05, 0.1) is 24.4 Å². The lowest BCUT2D eigenvalue weighted by molar-refractivity contribution is -0.139. The van der Waals surface area contributed by atoms with E-state index >= 15 is 0 Å². The highest BCUT2D eigenvalue weighted by molar-refractivity contribution is 7.91. The number of esters is 1. The molecule has 0 unspecified atom stereocenters. The van der Waals surface area contributed by atoms with Crippen molar-refractivity contribution < 1.29 is 22.7 Å². The summed E-state index contributed by atoms with van der Waals surface area (Å²) in [5, 5.41) is 0. The van der Waals surface area contributed by atoms with Crippen molar-refractivity contribution in [3.8, 4) is 5.75 Å². The molecule has 0 atom stereocenters. The van der Waals surface area contributed by atoms with Crippen molar-refractivity contribution in [2.24, 2.45) is 0 Å². The van der Waals surface area contributed by atoms with Gasteiger partial charge < -0.3 is 9.47 Å². The summed E-state index contributed by atoms with van der Waals surface area (Å²) in [7, 11) is -1.67. The summed E-state index contributed by atoms with van der Waals surface area (Å²) in [5.41, 5.74) is 2.35. The molecule has 0 bridgehead atoms. The molecule has 6 heteroatoms. The molecule has 0 aliphatic rings. The van der Waals surface area contributed by atoms with Gasteiger partial charge in [-0.15, -0.1) is 0 Å². The molecule has 0 saturated heterocycles. The second kappa shape index (κ2) is 12.1. The third-order valence-corrected chi connectivity index (χ3v) is 6.53. The van der Waals surface area contributed by atoms with Gasteiger partial charge >= 0.3 is 5.97 Å². The Hall–Kier alpha value is -2.86. The number of carbonyl (C=O) groups excluding carboxylic acids is 1. The molecule has 0 N–H and O–H groups in total. The number of rotatable bonds is 12. The summed E-state index contributed by atoms with van der Waals surface area (Å²) >= 11 is 0. The number of hydrogen-bond acceptors (Lipinski definition) is 5. The van der Waals surface area contributed by atoms with E-state index in [9.17, 15) is 13.2 Å². The molecule has 5 nitrogen and oxygen atoms in total. The molecule has 2 aromatic rings. The van der Waals surface area contributed by atoms with E-state index in [-0.39, 0.29) is 11.7 Å². The monoisotopic (exact) mass is 442 g/mol. The summed E-state index contributed by atoms with van der Waals surface area (Å²) in [6, 6.07) is 14.6. The highest BCUT2D eigenvalue weighted by Gasteiger charge is 2.13. The van der Waals surface area contributed by atoms with Crippen LogP contribution in [0.25, 0.3) is 12.2 Å². The summed E-state index contributed by atoms with van der Waals surface area (Å²) in [6.07, 6.45) is 6.79. The van der Waals surface area contributed by atoms with E-state index in [0.29, 0.717) is 29.9 Å². The van der Waals surface area contributed by atoms with E-state index in [4.69, 9.17) is 9.47 Å². The Bertz CT molecular complexity index is 987. The lowest BCUT2D eigenvalue weighted by Crippen LogP contribution is -2.08. The van der Waals surface area contributed by atoms with Gasteiger partial charge in [0.2, 0.25) is 0 Å². The van der Waals surface area contributed by atoms with Gasteiger partial charge in [-0.2, -0.15) is 0 Å². The minimum absolute atomic E-state index is 0.111. The average molecular weight is 443 g/mol. The maximum atomic E-state index is 12.5. The summed E-state index contributed by atoms with van der Waals surface area (Å²) < 4.78 is 35.2. The predicted molar refractivity (Wildman–Crippen MR) is 125 cm³/mol. The molecule has 0 radical (unpaired) electrons. The van der Waals surface area contributed by atoms with Gasteiger partial charge in [-0.05, 0) is 55.2 Å². The Kier molecular flexibility index (Phi) is 9.53. The summed E-state index contributed by atoms with van der Waals surface area (Å²) in [5.74, 6) is 0.530. The third-order valence-electron chi connectivity index (χ3n) is 4.71. The lowest BCUT2D eigenvalue weighted by atomic mass is 10.1. The number of benzene rings is 2. The maximum absolute atomic E-state index is 12.5. The van der Waals surface area contributed by atoms with Crippen molar-refractivity contribution in [3.63, 3.8) is 0 Å². The van der Waals surface area contributed by atoms with Crippen LogP contribution in [0, 0.1) is 0 Å². The number of sulfone groups is 1. The Labute approximate surface area is 185 Å². The van der Waals surface area contributed by atoms with Gasteiger partial charge in [0, 0.05) is 5.57 Å². The molecule has 0 spiro atoms. The van der Waals surface area contributed by atoms with Gasteiger partial charge in [0.25, 0.3) is 0 Å². The predicted octanol–water partition coefficient (Wildman–Crippen LogP) is 5.32. The second-order valence-corrected chi connectivity index (χ2v) is 9.43. The SMILES string of the molecule is C=C(C)C(=O)OCCCCCCS(=O)(=O)c1ccc(/C=C/c2ccc(OC)cc2)cc1. The normalized spacial score (nSPS) is 11.4. The molecule has 0 aliphatic carbocycles. The first-order chi connectivity index (χ1) is 14.8. The van der Waals surface area contributed by atoms with E-state index in [2.05, 4.69) is 6.58 Å². The fourth-order valence-corrected chi connectivity index (χ4v) is 4.22. The van der Waals surface area contributed by atoms with E-state index in [1.165, 1.54) is 0 Å². The summed E-state index contributed by atoms with van der Waals surface area (Å²) in [4.78, 5) is 11.6. The number of unbranched alkanes of at least 4 members (excludes halogenated alkanes) is 3. The van der Waals surface area contributed by atoms with Crippen molar-refractivity contribution >= 4 is 28.0 Å². The maximum Gasteiger partial charge on any atom is 0.333 e. The summed E-state index contributed by atoms with van der Waals surface area (Å²) in [6.45, 7) is 5.47. The fourth-order valence-electron chi connectivity index (χ4n) is 2.85. The molecule has 0 aromatic heterocycles. The van der Waals surface area contributed by atoms with Crippen LogP contribution >= 0.6 is 0 Å². The standard InChI is InChI=1S/C25H30O5S/c1-20(2)25(26)30-18-6-4-5-7-19-31(27,28)24-16-12-22(13-17-24)9-8-21-10-14-23(29-3)15-11-21/h8-17H,1,4-7,18-19H2,2-3H3/b9-8+. The minimum Gasteiger partial charge on any atom is -0.497 e. The molecule has 0 heterocycles. The zero-order valence-corrected chi connectivity index (χ0v) is 19.0. The number of carbonyl (C=O) groups is 1. The highest BCUT2D eigenvalue weighted by Crippen LogP contribution is 2.17. The molecular formula is C25H30O5S. The quantitative estimate of drug-likeness (QED) is 0.193. The van der Waals surface area contributed by atoms with Gasteiger partial charge in [0.15, 0.2) is 9.84 Å². The Morgan fingerprint density at radius 1 is 0.903 bits per heavy atom. The molecule has 31 heavy (non-hydrogen) atoms. The van der Waals surface area contributed by atoms with Crippen LogP contribution in [0.2, 0.25) is 0 Å². The smallest absolute Gasteiger partial charge is 0.333 e. The molecule has 166 valence electrons. The molecule has 2 rings (SSSR count). The lowest BCUT2D eigenvalue weighted by Gasteiger charge is -2.06. The van der Waals surface area contributed by atoms with Crippen molar-refractivity contribution in [1.29, 1.82) is 0 Å². The van der Waals surface area contributed by atoms with Crippen LogP contribution in [0.15, 0.2) is 65.6 Å². The van der Waals surface area contributed by atoms with E-state index < -0.39 is 9.84 Å². The average Bonchev–Trinajstić information content (AvgIpc) is 2.77. The molecular weight excluding hydrogens is 412 g/mol. The van der Waals surface area contributed by atoms with Gasteiger partial charge in [-0.3, -0.25) is 0 Å². The molecule has 0 saturated carbocycles. The van der Waals surface area contributed by atoms with Crippen molar-refractivity contribution in [3.05, 3.63) is 71.8 Å². The zero-order valence-electron chi connectivity index (χ0n) is 18.2. The first-order valence-corrected chi connectivity index (χ1v) is 11.9. The highest BCUT2D eigenvalue weighted by atomic mass is 32.2. The van der Waals surface area contributed by atoms with Crippen LogP contribution in [-0.4, -0.2) is 33.9 Å². The third kappa shape index (κ3) is 8.42.